The monoisotopic (exact) mass is 363 g/mol. The van der Waals surface area contributed by atoms with E-state index in [2.05, 4.69) is 19.8 Å². The van der Waals surface area contributed by atoms with Gasteiger partial charge in [-0.1, -0.05) is 0 Å². The number of guanidine groups is 1. The van der Waals surface area contributed by atoms with Gasteiger partial charge in [0.25, 0.3) is 5.91 Å². The zero-order chi connectivity index (χ0) is 17.6. The lowest BCUT2D eigenvalue weighted by Crippen LogP contribution is -2.53. The average molecular weight is 363 g/mol. The molecule has 6 N–H and O–H groups in total. The van der Waals surface area contributed by atoms with Crippen molar-refractivity contribution in [1.82, 2.24) is 10.2 Å². The summed E-state index contributed by atoms with van der Waals surface area (Å²) in [6, 6.07) is -1.00. The Morgan fingerprint density at radius 1 is 1.42 bits per heavy atom. The highest BCUT2D eigenvalue weighted by Crippen LogP contribution is 2.37. The Morgan fingerprint density at radius 2 is 2.12 bits per heavy atom. The normalized spacial score (nSPS) is 35.9. The number of phosphoric ester groups is 1. The number of fused-ring (bicyclic) bond motifs is 1. The molecule has 3 rings (SSSR count). The molecule has 1 saturated heterocycles. The van der Waals surface area contributed by atoms with Crippen LogP contribution in [-0.4, -0.2) is 86.1 Å². The Labute approximate surface area is 134 Å². The highest BCUT2D eigenvalue weighted by molar-refractivity contribution is 7.46. The van der Waals surface area contributed by atoms with Crippen LogP contribution in [0.1, 0.15) is 0 Å². The number of hydrogen-bond acceptors (Lipinski definition) is 9. The maximum Gasteiger partial charge on any atom is 0.469 e. The van der Waals surface area contributed by atoms with Gasteiger partial charge in [-0.2, -0.15) is 4.99 Å². The number of phosphoric acid groups is 1. The standard InChI is InChI=1S/C10H14N5O8P/c11-10-13-7-4(8(18)14-10)12-2-15(7)9-6(17)5(16)3(23-9)1-22-24(19,20)21/h2-6,9,16-17H,1H2,(H2,11,14,18)(H2,19,20,21)/t3-,4?,5+,6?,9-/m1/s1. The molecule has 132 valence electrons. The summed E-state index contributed by atoms with van der Waals surface area (Å²) in [4.78, 5) is 38.0. The number of amides is 1. The van der Waals surface area contributed by atoms with Crippen molar-refractivity contribution in [2.24, 2.45) is 9.98 Å². The van der Waals surface area contributed by atoms with Gasteiger partial charge in [-0.3, -0.25) is 29.9 Å². The number of ether oxygens (including phenoxy) is 1. The third kappa shape index (κ3) is 3.10. The van der Waals surface area contributed by atoms with Crippen LogP contribution in [0.5, 0.6) is 0 Å². The molecule has 3 heterocycles. The van der Waals surface area contributed by atoms with Gasteiger partial charge in [-0.15, -0.1) is 0 Å². The molecule has 5 atom stereocenters. The number of hydrogen-bond donors (Lipinski definition) is 6. The molecule has 3 aliphatic heterocycles. The van der Waals surface area contributed by atoms with E-state index in [-0.39, 0.29) is 5.84 Å². The zero-order valence-corrected chi connectivity index (χ0v) is 12.8. The van der Waals surface area contributed by atoms with Gasteiger partial charge in [0, 0.05) is 0 Å². The summed E-state index contributed by atoms with van der Waals surface area (Å²) in [6.45, 7) is -0.657. The molecule has 14 heteroatoms. The minimum atomic E-state index is -4.77. The smallest absolute Gasteiger partial charge is 0.387 e. The number of carbonyl (C=O) groups excluding carboxylic acids is 1. The summed E-state index contributed by atoms with van der Waals surface area (Å²) in [5, 5.41) is 29.7. The van der Waals surface area contributed by atoms with E-state index >= 15 is 0 Å². The Balaban J connectivity index is 1.76. The Morgan fingerprint density at radius 3 is 2.79 bits per heavy atom. The van der Waals surface area contributed by atoms with Crippen LogP contribution in [-0.2, 0) is 18.6 Å². The molecule has 0 aromatic heterocycles. The number of nitrogens with zero attached hydrogens (tertiary/aromatic N) is 3. The Kier molecular flexibility index (Phi) is 4.25. The van der Waals surface area contributed by atoms with Crippen molar-refractivity contribution in [2.45, 2.75) is 30.6 Å². The predicted molar refractivity (Wildman–Crippen MR) is 76.1 cm³/mol. The zero-order valence-electron chi connectivity index (χ0n) is 11.9. The SMILES string of the molecule is N=C1N=C2C(N=CN2[C@@H]2O[C@H](COP(=O)(O)O)[C@H](O)C2O)C(=O)N1. The lowest BCUT2D eigenvalue weighted by Gasteiger charge is -2.28. The van der Waals surface area contributed by atoms with Gasteiger partial charge in [0.1, 0.15) is 18.3 Å². The summed E-state index contributed by atoms with van der Waals surface area (Å²) < 4.78 is 20.4. The first-order valence-electron chi connectivity index (χ1n) is 6.68. The number of nitrogens with one attached hydrogen (secondary N) is 2. The predicted octanol–water partition coefficient (Wildman–Crippen LogP) is -3.28. The van der Waals surface area contributed by atoms with Crippen molar-refractivity contribution >= 4 is 31.9 Å². The lowest BCUT2D eigenvalue weighted by atomic mass is 10.1. The molecule has 0 aromatic rings. The van der Waals surface area contributed by atoms with Crippen molar-refractivity contribution in [3.8, 4) is 0 Å². The number of aliphatic hydroxyl groups is 2. The van der Waals surface area contributed by atoms with Gasteiger partial charge in [-0.05, 0) is 0 Å². The topological polar surface area (TPSA) is 197 Å². The Hall–Kier alpha value is -1.73. The lowest BCUT2D eigenvalue weighted by molar-refractivity contribution is -0.119. The third-order valence-electron chi connectivity index (χ3n) is 3.58. The molecule has 3 aliphatic rings. The molecule has 0 aromatic carbocycles. The number of rotatable bonds is 4. The molecule has 0 bridgehead atoms. The van der Waals surface area contributed by atoms with E-state index in [0.717, 1.165) is 0 Å². The molecule has 24 heavy (non-hydrogen) atoms. The fraction of sp³-hybridized carbons (Fsp3) is 0.600. The molecule has 1 amide bonds. The molecule has 0 spiro atoms. The number of carbonyl (C=O) groups is 1. The van der Waals surface area contributed by atoms with Crippen LogP contribution < -0.4 is 5.32 Å². The summed E-state index contributed by atoms with van der Waals surface area (Å²) >= 11 is 0. The second-order valence-corrected chi connectivity index (χ2v) is 6.45. The van der Waals surface area contributed by atoms with Crippen molar-refractivity contribution in [3.63, 3.8) is 0 Å². The van der Waals surface area contributed by atoms with Crippen molar-refractivity contribution in [3.05, 3.63) is 0 Å². The van der Waals surface area contributed by atoms with Crippen LogP contribution in [0.2, 0.25) is 0 Å². The van der Waals surface area contributed by atoms with Gasteiger partial charge in [0.15, 0.2) is 18.1 Å². The largest absolute Gasteiger partial charge is 0.469 e. The van der Waals surface area contributed by atoms with Crippen molar-refractivity contribution < 1.29 is 38.6 Å². The minimum absolute atomic E-state index is 0.0385. The number of aliphatic imine (C=N–C) groups is 2. The molecular weight excluding hydrogens is 349 g/mol. The summed E-state index contributed by atoms with van der Waals surface area (Å²) in [6.07, 6.45) is -4.23. The second-order valence-electron chi connectivity index (χ2n) is 5.21. The van der Waals surface area contributed by atoms with Crippen LogP contribution in [0.4, 0.5) is 0 Å². The van der Waals surface area contributed by atoms with E-state index in [1.54, 1.807) is 0 Å². The summed E-state index contributed by atoms with van der Waals surface area (Å²) in [5.41, 5.74) is 0. The van der Waals surface area contributed by atoms with E-state index in [1.165, 1.54) is 11.2 Å². The van der Waals surface area contributed by atoms with Crippen LogP contribution in [0.25, 0.3) is 0 Å². The van der Waals surface area contributed by atoms with E-state index in [4.69, 9.17) is 19.9 Å². The molecule has 0 aliphatic carbocycles. The molecule has 0 saturated carbocycles. The first-order chi connectivity index (χ1) is 11.2. The van der Waals surface area contributed by atoms with Gasteiger partial charge in [0.2, 0.25) is 5.96 Å². The van der Waals surface area contributed by atoms with Crippen LogP contribution in [0.15, 0.2) is 9.98 Å². The van der Waals surface area contributed by atoms with E-state index < -0.39 is 56.9 Å². The Bertz CT molecular complexity index is 676. The molecular formula is C10H14N5O8P. The number of amidine groups is 1. The quantitative estimate of drug-likeness (QED) is 0.277. The van der Waals surface area contributed by atoms with E-state index in [1.807, 2.05) is 0 Å². The average Bonchev–Trinajstić information content (AvgIpc) is 3.00. The minimum Gasteiger partial charge on any atom is -0.387 e. The first-order valence-corrected chi connectivity index (χ1v) is 8.22. The van der Waals surface area contributed by atoms with E-state index in [0.29, 0.717) is 0 Å². The van der Waals surface area contributed by atoms with Crippen LogP contribution >= 0.6 is 7.82 Å². The molecule has 2 unspecified atom stereocenters. The maximum atomic E-state index is 11.7. The second kappa shape index (κ2) is 5.97. The molecule has 1 fully saturated rings. The van der Waals surface area contributed by atoms with Gasteiger partial charge in [0.05, 0.1) is 12.9 Å². The van der Waals surface area contributed by atoms with E-state index in [9.17, 15) is 19.6 Å². The fourth-order valence-electron chi connectivity index (χ4n) is 2.50. The summed E-state index contributed by atoms with van der Waals surface area (Å²) in [7, 11) is -4.77. The van der Waals surface area contributed by atoms with Gasteiger partial charge < -0.3 is 24.7 Å². The number of aliphatic hydroxyl groups excluding tert-OH is 2. The van der Waals surface area contributed by atoms with Gasteiger partial charge >= 0.3 is 7.82 Å². The molecule has 0 radical (unpaired) electrons. The first kappa shape index (κ1) is 17.1. The van der Waals surface area contributed by atoms with Crippen molar-refractivity contribution in [1.29, 1.82) is 5.41 Å². The molecule has 13 nitrogen and oxygen atoms in total. The van der Waals surface area contributed by atoms with Crippen LogP contribution in [0, 0.1) is 5.41 Å². The summed E-state index contributed by atoms with van der Waals surface area (Å²) in [5.74, 6) is -0.939. The fourth-order valence-corrected chi connectivity index (χ4v) is 2.84. The highest BCUT2D eigenvalue weighted by atomic mass is 31.2. The highest BCUT2D eigenvalue weighted by Gasteiger charge is 2.50. The maximum absolute atomic E-state index is 11.7. The van der Waals surface area contributed by atoms with Gasteiger partial charge in [-0.25, -0.2) is 4.57 Å². The van der Waals surface area contributed by atoms with Crippen molar-refractivity contribution in [2.75, 3.05) is 6.61 Å². The third-order valence-corrected chi connectivity index (χ3v) is 4.07. The van der Waals surface area contributed by atoms with Crippen LogP contribution in [0.3, 0.4) is 0 Å².